The number of nitrogen functional groups attached to an aromatic ring is 1. The molecule has 1 saturated heterocycles. The van der Waals surface area contributed by atoms with E-state index in [1.54, 1.807) is 6.20 Å². The second-order valence-electron chi connectivity index (χ2n) is 7.86. The molecule has 1 aromatic carbocycles. The fraction of sp³-hybridized carbons (Fsp3) is 0.333. The average Bonchev–Trinajstić information content (AvgIpc) is 3.19. The summed E-state index contributed by atoms with van der Waals surface area (Å²) in [5, 5.41) is 11.4. The highest BCUT2D eigenvalue weighted by atomic mass is 127. The number of hydrogen-bond acceptors (Lipinski definition) is 7. The highest BCUT2D eigenvalue weighted by Gasteiger charge is 2.52. The van der Waals surface area contributed by atoms with Crippen molar-refractivity contribution in [1.29, 1.82) is 0 Å². The van der Waals surface area contributed by atoms with Crippen molar-refractivity contribution in [3.05, 3.63) is 39.6 Å². The molecule has 0 bridgehead atoms. The molecule has 30 heavy (non-hydrogen) atoms. The first-order valence-electron chi connectivity index (χ1n) is 9.06. The van der Waals surface area contributed by atoms with Gasteiger partial charge in [-0.25, -0.2) is 13.8 Å². The van der Waals surface area contributed by atoms with Crippen LogP contribution in [0.1, 0.15) is 27.7 Å². The van der Waals surface area contributed by atoms with E-state index in [0.29, 0.717) is 14.6 Å². The number of tetrazole rings is 1. The van der Waals surface area contributed by atoms with Crippen molar-refractivity contribution in [3.63, 3.8) is 0 Å². The molecule has 1 aliphatic heterocycles. The van der Waals surface area contributed by atoms with Gasteiger partial charge in [-0.1, -0.05) is 6.07 Å². The molecule has 2 N–H and O–H groups in total. The number of halogens is 3. The fourth-order valence-electron chi connectivity index (χ4n) is 3.03. The Bertz CT molecular complexity index is 1120. The van der Waals surface area contributed by atoms with Crippen molar-refractivity contribution in [2.45, 2.75) is 38.9 Å². The quantitative estimate of drug-likeness (QED) is 0.414. The van der Waals surface area contributed by atoms with E-state index in [9.17, 15) is 8.78 Å². The third-order valence-corrected chi connectivity index (χ3v) is 6.59. The van der Waals surface area contributed by atoms with Gasteiger partial charge in [-0.15, -0.1) is 5.10 Å². The van der Waals surface area contributed by atoms with Crippen LogP contribution in [-0.4, -0.2) is 43.5 Å². The summed E-state index contributed by atoms with van der Waals surface area (Å²) in [6, 6.07) is 3.75. The molecule has 0 unspecified atom stereocenters. The number of pyridine rings is 1. The summed E-state index contributed by atoms with van der Waals surface area (Å²) in [6.07, 6.45) is 1.57. The Morgan fingerprint density at radius 1 is 1.13 bits per heavy atom. The van der Waals surface area contributed by atoms with E-state index < -0.39 is 30.0 Å². The molecule has 0 saturated carbocycles. The first kappa shape index (κ1) is 21.1. The SMILES string of the molecule is CC1(C)OB(c2cnc(N)c(-c3nnnn3-c3cccc(F)c3F)c2I)OC1(C)C. The normalized spacial score (nSPS) is 17.5. The molecule has 12 heteroatoms. The number of nitrogens with zero attached hydrogens (tertiary/aromatic N) is 5. The van der Waals surface area contributed by atoms with Gasteiger partial charge in [-0.2, -0.15) is 4.68 Å². The molecule has 4 rings (SSSR count). The van der Waals surface area contributed by atoms with Crippen molar-refractivity contribution in [2.75, 3.05) is 5.73 Å². The van der Waals surface area contributed by atoms with E-state index in [2.05, 4.69) is 43.1 Å². The van der Waals surface area contributed by atoms with Crippen LogP contribution < -0.4 is 11.2 Å². The van der Waals surface area contributed by atoms with Crippen molar-refractivity contribution >= 4 is 41.0 Å². The predicted octanol–water partition coefficient (Wildman–Crippen LogP) is 2.49. The van der Waals surface area contributed by atoms with Crippen molar-refractivity contribution < 1.29 is 18.1 Å². The Balaban J connectivity index is 1.84. The van der Waals surface area contributed by atoms with Crippen LogP contribution in [0.25, 0.3) is 17.1 Å². The van der Waals surface area contributed by atoms with Crippen LogP contribution in [0.5, 0.6) is 0 Å². The molecule has 0 spiro atoms. The Hall–Kier alpha value is -2.19. The number of aromatic nitrogens is 5. The Kier molecular flexibility index (Phi) is 5.06. The molecule has 2 aromatic heterocycles. The molecular weight excluding hydrogens is 508 g/mol. The van der Waals surface area contributed by atoms with Crippen molar-refractivity contribution in [1.82, 2.24) is 25.2 Å². The predicted molar refractivity (Wildman–Crippen MR) is 115 cm³/mol. The van der Waals surface area contributed by atoms with Crippen LogP contribution in [0.3, 0.4) is 0 Å². The lowest BCUT2D eigenvalue weighted by molar-refractivity contribution is 0.00578. The molecule has 1 fully saturated rings. The van der Waals surface area contributed by atoms with Gasteiger partial charge in [0.15, 0.2) is 17.5 Å². The maximum atomic E-state index is 14.4. The Labute approximate surface area is 185 Å². The minimum atomic E-state index is -1.07. The number of anilines is 1. The van der Waals surface area contributed by atoms with E-state index in [-0.39, 0.29) is 17.3 Å². The lowest BCUT2D eigenvalue weighted by Crippen LogP contribution is -2.41. The van der Waals surface area contributed by atoms with Gasteiger partial charge in [0.1, 0.15) is 11.5 Å². The zero-order valence-corrected chi connectivity index (χ0v) is 18.8. The molecule has 0 radical (unpaired) electrons. The van der Waals surface area contributed by atoms with Crippen LogP contribution in [0.15, 0.2) is 24.4 Å². The summed E-state index contributed by atoms with van der Waals surface area (Å²) < 4.78 is 42.1. The van der Waals surface area contributed by atoms with Gasteiger partial charge in [0.2, 0.25) is 0 Å². The highest BCUT2D eigenvalue weighted by Crippen LogP contribution is 2.38. The topological polar surface area (TPSA) is 101 Å². The van der Waals surface area contributed by atoms with Gasteiger partial charge < -0.3 is 15.0 Å². The summed E-state index contributed by atoms with van der Waals surface area (Å²) in [5.74, 6) is -1.84. The van der Waals surface area contributed by atoms with E-state index in [4.69, 9.17) is 15.0 Å². The van der Waals surface area contributed by atoms with Crippen LogP contribution in [0, 0.1) is 15.2 Å². The number of rotatable bonds is 3. The molecule has 3 aromatic rings. The smallest absolute Gasteiger partial charge is 0.399 e. The largest absolute Gasteiger partial charge is 0.497 e. The van der Waals surface area contributed by atoms with Crippen LogP contribution in [0.4, 0.5) is 14.6 Å². The molecule has 3 heterocycles. The minimum absolute atomic E-state index is 0.118. The number of nitrogens with two attached hydrogens (primary N) is 1. The van der Waals surface area contributed by atoms with Gasteiger partial charge in [-0.3, -0.25) is 0 Å². The minimum Gasteiger partial charge on any atom is -0.399 e. The zero-order chi connectivity index (χ0) is 21.8. The molecule has 0 aliphatic carbocycles. The Morgan fingerprint density at radius 2 is 1.80 bits per heavy atom. The lowest BCUT2D eigenvalue weighted by Gasteiger charge is -2.32. The van der Waals surface area contributed by atoms with Gasteiger partial charge in [-0.05, 0) is 72.8 Å². The summed E-state index contributed by atoms with van der Waals surface area (Å²) >= 11 is 2.08. The first-order chi connectivity index (χ1) is 14.0. The highest BCUT2D eigenvalue weighted by molar-refractivity contribution is 14.1. The lowest BCUT2D eigenvalue weighted by atomic mass is 9.79. The summed E-state index contributed by atoms with van der Waals surface area (Å²) in [7, 11) is -0.691. The second-order valence-corrected chi connectivity index (χ2v) is 8.94. The molecule has 0 amide bonds. The summed E-state index contributed by atoms with van der Waals surface area (Å²) in [4.78, 5) is 4.25. The van der Waals surface area contributed by atoms with Crippen LogP contribution in [0.2, 0.25) is 0 Å². The molecule has 8 nitrogen and oxygen atoms in total. The summed E-state index contributed by atoms with van der Waals surface area (Å²) in [6.45, 7) is 7.77. The first-order valence-corrected chi connectivity index (χ1v) is 10.1. The van der Waals surface area contributed by atoms with Gasteiger partial charge >= 0.3 is 7.12 Å². The van der Waals surface area contributed by atoms with Crippen LogP contribution >= 0.6 is 22.6 Å². The number of hydrogen-bond donors (Lipinski definition) is 1. The maximum Gasteiger partial charge on any atom is 0.497 e. The molecule has 0 atom stereocenters. The molecule has 1 aliphatic rings. The monoisotopic (exact) mass is 526 g/mol. The molecular formula is C18H18BF2IN6O2. The number of benzene rings is 1. The van der Waals surface area contributed by atoms with Crippen molar-refractivity contribution in [3.8, 4) is 17.1 Å². The zero-order valence-electron chi connectivity index (χ0n) is 16.7. The summed E-state index contributed by atoms with van der Waals surface area (Å²) in [5.41, 5.74) is 5.89. The van der Waals surface area contributed by atoms with E-state index >= 15 is 0 Å². The van der Waals surface area contributed by atoms with E-state index in [0.717, 1.165) is 10.7 Å². The van der Waals surface area contributed by atoms with Crippen LogP contribution in [-0.2, 0) is 9.31 Å². The third-order valence-electron chi connectivity index (χ3n) is 5.43. The van der Waals surface area contributed by atoms with E-state index in [1.165, 1.54) is 12.1 Å². The maximum absolute atomic E-state index is 14.4. The second kappa shape index (κ2) is 7.20. The third kappa shape index (κ3) is 3.26. The Morgan fingerprint density at radius 3 is 2.47 bits per heavy atom. The average molecular weight is 526 g/mol. The molecule has 156 valence electrons. The standard InChI is InChI=1S/C18H18BF2IN6O2/c1-17(2)18(3,4)30-19(29-17)9-8-24-15(23)12(14(9)22)16-25-26-27-28(16)11-7-5-6-10(20)13(11)21/h5-8H,1-4H3,(H2,23,24). The van der Waals surface area contributed by atoms with Gasteiger partial charge in [0.25, 0.3) is 0 Å². The van der Waals surface area contributed by atoms with Gasteiger partial charge in [0.05, 0.1) is 16.8 Å². The van der Waals surface area contributed by atoms with Gasteiger partial charge in [0, 0.05) is 15.2 Å². The van der Waals surface area contributed by atoms with Crippen molar-refractivity contribution in [2.24, 2.45) is 0 Å². The van der Waals surface area contributed by atoms with E-state index in [1.807, 2.05) is 27.7 Å². The fourth-order valence-corrected chi connectivity index (χ4v) is 3.94.